The van der Waals surface area contributed by atoms with E-state index in [1.54, 1.807) is 32.0 Å². The topological polar surface area (TPSA) is 210 Å². The highest BCUT2D eigenvalue weighted by molar-refractivity contribution is 6.08. The van der Waals surface area contributed by atoms with Gasteiger partial charge in [-0.2, -0.15) is 0 Å². The van der Waals surface area contributed by atoms with Crippen LogP contribution in [0.25, 0.3) is 11.6 Å². The van der Waals surface area contributed by atoms with Gasteiger partial charge in [0.2, 0.25) is 11.8 Å². The van der Waals surface area contributed by atoms with Crippen LogP contribution in [0.5, 0.6) is 0 Å². The van der Waals surface area contributed by atoms with E-state index < -0.39 is 71.3 Å². The van der Waals surface area contributed by atoms with Gasteiger partial charge in [-0.05, 0) is 91.4 Å². The predicted octanol–water partition coefficient (Wildman–Crippen LogP) is 5.50. The third-order valence-electron chi connectivity index (χ3n) is 12.2. The number of aromatic nitrogens is 2. The highest BCUT2D eigenvalue weighted by atomic mass is 19.1. The molecule has 1 unspecified atom stereocenters. The van der Waals surface area contributed by atoms with Gasteiger partial charge in [-0.3, -0.25) is 9.59 Å². The fourth-order valence-corrected chi connectivity index (χ4v) is 8.78. The van der Waals surface area contributed by atoms with Crippen LogP contribution in [0.4, 0.5) is 10.2 Å². The number of halogens is 1. The lowest BCUT2D eigenvalue weighted by Gasteiger charge is -2.46. The van der Waals surface area contributed by atoms with Crippen LogP contribution in [0, 0.1) is 23.7 Å². The van der Waals surface area contributed by atoms with E-state index in [9.17, 15) is 19.5 Å². The summed E-state index contributed by atoms with van der Waals surface area (Å²) in [6.07, 6.45) is 1.10. The van der Waals surface area contributed by atoms with Crippen molar-refractivity contribution in [2.45, 2.75) is 142 Å². The molecular weight excluding hydrogens is 780 g/mol. The van der Waals surface area contributed by atoms with E-state index in [2.05, 4.69) is 25.0 Å². The van der Waals surface area contributed by atoms with Crippen LogP contribution in [0.2, 0.25) is 0 Å². The van der Waals surface area contributed by atoms with Crippen molar-refractivity contribution in [2.75, 3.05) is 33.0 Å². The Labute approximate surface area is 351 Å². The fourth-order valence-electron chi connectivity index (χ4n) is 8.78. The Morgan fingerprint density at radius 1 is 1.10 bits per heavy atom. The Hall–Kier alpha value is -4.16. The number of carbonyl (C=O) groups excluding carboxylic acids is 3. The smallest absolute Gasteiger partial charge is 0.351 e. The molecule has 2 aromatic heterocycles. The lowest BCUT2D eigenvalue weighted by molar-refractivity contribution is -0.264. The molecule has 0 saturated carbocycles. The van der Waals surface area contributed by atoms with Gasteiger partial charge < -0.3 is 43.9 Å². The summed E-state index contributed by atoms with van der Waals surface area (Å²) in [6.45, 7) is 12.2. The first-order chi connectivity index (χ1) is 28.1. The summed E-state index contributed by atoms with van der Waals surface area (Å²) in [4.78, 5) is 62.2. The maximum absolute atomic E-state index is 16.6. The number of amides is 1. The van der Waals surface area contributed by atoms with Gasteiger partial charge in [0, 0.05) is 36.4 Å². The van der Waals surface area contributed by atoms with Crippen molar-refractivity contribution < 1.29 is 52.1 Å². The number of alkyl halides is 1. The van der Waals surface area contributed by atoms with Gasteiger partial charge in [0.15, 0.2) is 18.7 Å². The number of nitrogen functional groups attached to an aromatic ring is 1. The minimum Gasteiger partial charge on any atom is -0.460 e. The van der Waals surface area contributed by atoms with Crippen LogP contribution in [0.1, 0.15) is 99.6 Å². The van der Waals surface area contributed by atoms with E-state index in [-0.39, 0.29) is 62.8 Å². The first-order valence-corrected chi connectivity index (χ1v) is 20.9. The number of cyclic esters (lactones) is 1. The van der Waals surface area contributed by atoms with E-state index in [1.165, 1.54) is 20.1 Å². The summed E-state index contributed by atoms with van der Waals surface area (Å²) < 4.78 is 47.7. The molecule has 5 heterocycles. The van der Waals surface area contributed by atoms with Gasteiger partial charge in [0.25, 0.3) is 5.67 Å². The zero-order chi connectivity index (χ0) is 44.2. The molecule has 0 spiro atoms. The van der Waals surface area contributed by atoms with Crippen LogP contribution < -0.4 is 5.73 Å². The van der Waals surface area contributed by atoms with Crippen molar-refractivity contribution in [3.63, 3.8) is 0 Å². The van der Waals surface area contributed by atoms with Gasteiger partial charge in [0.1, 0.15) is 30.1 Å². The van der Waals surface area contributed by atoms with E-state index in [1.807, 2.05) is 34.9 Å². The monoisotopic (exact) mass is 842 g/mol. The minimum atomic E-state index is -3.10. The molecular formula is C43H63FN6O10. The normalized spacial score (nSPS) is 36.4. The van der Waals surface area contributed by atoms with Crippen molar-refractivity contribution >= 4 is 34.9 Å². The molecule has 2 bridgehead atoms. The van der Waals surface area contributed by atoms with Crippen molar-refractivity contribution in [3.8, 4) is 11.6 Å². The maximum atomic E-state index is 16.6. The molecule has 3 aliphatic heterocycles. The number of aliphatic hydroxyl groups is 1. The van der Waals surface area contributed by atoms with Crippen molar-refractivity contribution in [1.82, 2.24) is 14.9 Å². The quantitative estimate of drug-likeness (QED) is 0.191. The molecule has 3 N–H and O–H groups in total. The van der Waals surface area contributed by atoms with Crippen LogP contribution in [0.15, 0.2) is 39.0 Å². The lowest BCUT2D eigenvalue weighted by Crippen LogP contribution is -2.58. The Morgan fingerprint density at radius 3 is 2.52 bits per heavy atom. The molecule has 0 aromatic carbocycles. The standard InChI is InChI=1S/C43H63FN6O10/c1-11-34(51)48-36-24(2)19-42(7)38(60-35-18-30(50(9)10)17-25(3)59-35)27(5)37(52)43(8,44)40(53)56-23-41(6,54)31(26(36)4)16-15-28(21-57-42)49-58-22-29-20-55-39(46-29)32-13-12-14-33(45)47-32/h12-14,20,24-27,30-31,35,38,54H,11,15-19,21-23H2,1-10H3,(H2,45,47)/b48-36?,49-28+/t24-,25-,26-,27+,30+,31-,35+,38-,41?,42-,43+/m1/s1. The number of rotatable bonds is 8. The number of fused-ring (bicyclic) bond motifs is 5. The first-order valence-electron chi connectivity index (χ1n) is 20.9. The van der Waals surface area contributed by atoms with Gasteiger partial charge in [-0.1, -0.05) is 38.9 Å². The number of oxazole rings is 1. The molecule has 0 radical (unpaired) electrons. The molecule has 332 valence electrons. The molecule has 16 nitrogen and oxygen atoms in total. The number of pyridine rings is 1. The van der Waals surface area contributed by atoms with Crippen LogP contribution >= 0.6 is 0 Å². The molecule has 1 amide bonds. The van der Waals surface area contributed by atoms with Crippen LogP contribution in [-0.4, -0.2) is 118 Å². The number of ether oxygens (including phenoxy) is 4. The van der Waals surface area contributed by atoms with Crippen LogP contribution in [0.3, 0.4) is 0 Å². The van der Waals surface area contributed by atoms with Gasteiger partial charge in [0.05, 0.1) is 35.7 Å². The van der Waals surface area contributed by atoms with Crippen LogP contribution in [-0.2, 0) is 44.8 Å². The Kier molecular flexibility index (Phi) is 15.1. The van der Waals surface area contributed by atoms with E-state index in [0.717, 1.165) is 13.3 Å². The summed E-state index contributed by atoms with van der Waals surface area (Å²) in [6, 6.07) is 5.19. The van der Waals surface area contributed by atoms with Crippen molar-refractivity contribution in [1.29, 1.82) is 0 Å². The minimum absolute atomic E-state index is 0.0769. The molecule has 3 aliphatic rings. The average Bonchev–Trinajstić information content (AvgIpc) is 3.66. The number of aliphatic imine (C=N–C) groups is 1. The zero-order valence-electron chi connectivity index (χ0n) is 36.6. The van der Waals surface area contributed by atoms with Gasteiger partial charge in [-0.25, -0.2) is 24.1 Å². The summed E-state index contributed by atoms with van der Waals surface area (Å²) in [7, 11) is 3.94. The number of Topliss-reactive ketones (excluding diaryl/α,β-unsaturated/α-hetero) is 1. The third-order valence-corrected chi connectivity index (χ3v) is 12.2. The largest absolute Gasteiger partial charge is 0.460 e. The molecule has 0 aliphatic carbocycles. The Morgan fingerprint density at radius 2 is 1.83 bits per heavy atom. The number of oxime groups is 1. The van der Waals surface area contributed by atoms with Gasteiger partial charge in [-0.15, -0.1) is 0 Å². The number of hydrogen-bond donors (Lipinski definition) is 2. The number of ketones is 1. The summed E-state index contributed by atoms with van der Waals surface area (Å²) in [5, 5.41) is 16.6. The summed E-state index contributed by atoms with van der Waals surface area (Å²) in [5.74, 6) is -5.38. The Bertz CT molecular complexity index is 1900. The van der Waals surface area contributed by atoms with Crippen molar-refractivity contribution in [2.24, 2.45) is 33.8 Å². The fraction of sp³-hybridized carbons (Fsp3) is 0.698. The number of nitrogens with zero attached hydrogens (tertiary/aromatic N) is 5. The predicted molar refractivity (Wildman–Crippen MR) is 220 cm³/mol. The highest BCUT2D eigenvalue weighted by Gasteiger charge is 2.54. The van der Waals surface area contributed by atoms with E-state index in [4.69, 9.17) is 33.9 Å². The molecule has 3 saturated heterocycles. The molecule has 17 heteroatoms. The molecule has 5 rings (SSSR count). The number of hydrogen-bond acceptors (Lipinski definition) is 15. The second-order valence-corrected chi connectivity index (χ2v) is 17.6. The first kappa shape index (κ1) is 46.9. The van der Waals surface area contributed by atoms with Crippen molar-refractivity contribution in [3.05, 3.63) is 30.2 Å². The molecule has 11 atom stereocenters. The number of esters is 1. The molecule has 3 fully saturated rings. The highest BCUT2D eigenvalue weighted by Crippen LogP contribution is 2.41. The number of anilines is 1. The average molecular weight is 843 g/mol. The third kappa shape index (κ3) is 11.0. The summed E-state index contributed by atoms with van der Waals surface area (Å²) in [5.41, 5.74) is 1.34. The number of carbonyl (C=O) groups is 3. The second-order valence-electron chi connectivity index (χ2n) is 17.6. The van der Waals surface area contributed by atoms with E-state index in [0.29, 0.717) is 35.0 Å². The molecule has 2 aromatic rings. The van der Waals surface area contributed by atoms with E-state index >= 15 is 4.39 Å². The maximum Gasteiger partial charge on any atom is 0.351 e. The summed E-state index contributed by atoms with van der Waals surface area (Å²) >= 11 is 0. The Balaban J connectivity index is 1.61. The second kappa shape index (κ2) is 19.3. The van der Waals surface area contributed by atoms with Gasteiger partial charge >= 0.3 is 5.97 Å². The lowest BCUT2D eigenvalue weighted by atomic mass is 9.70. The number of nitrogens with two attached hydrogens (primary N) is 1. The molecule has 60 heavy (non-hydrogen) atoms. The zero-order valence-corrected chi connectivity index (χ0v) is 36.6. The SMILES string of the molecule is CCC(=O)N=C1[C@H](C)C[C@@]2(C)OC/C(=N/OCc3coc(-c4cccc(N)n4)n3)CC[C@H]([C@H]1C)C(C)(O)COC(=O)[C@@](C)(F)C(=O)[C@H](C)[C@H]2O[C@H]1C[C@@H](N(C)C)C[C@@H](C)O1.